The van der Waals surface area contributed by atoms with Crippen molar-refractivity contribution in [3.05, 3.63) is 59.5 Å². The average molecular weight is 373 g/mol. The first kappa shape index (κ1) is 16.0. The molecule has 0 spiro atoms. The topological polar surface area (TPSA) is 69.9 Å². The lowest BCUT2D eigenvalue weighted by Crippen LogP contribution is -1.94. The lowest BCUT2D eigenvalue weighted by atomic mass is 10.1. The first-order chi connectivity index (χ1) is 12.2. The van der Waals surface area contributed by atoms with Gasteiger partial charge in [0.05, 0.1) is 12.0 Å². The standard InChI is InChI=1S/C17H13ClN4O2S/c1-22-16(15-3-2-8-23-15)19-20-17(22)25-10-13-9-14(21-24-13)11-4-6-12(18)7-5-11/h2-9H,10H2,1H3. The lowest BCUT2D eigenvalue weighted by Gasteiger charge is -2.00. The SMILES string of the molecule is Cn1c(SCc2cc(-c3ccc(Cl)cc3)no2)nnc1-c1ccco1. The molecule has 0 unspecified atom stereocenters. The van der Waals surface area contributed by atoms with E-state index < -0.39 is 0 Å². The number of nitrogens with zero attached hydrogens (tertiary/aromatic N) is 4. The van der Waals surface area contributed by atoms with Crippen LogP contribution in [0.15, 0.2) is 62.8 Å². The summed E-state index contributed by atoms with van der Waals surface area (Å²) in [5.41, 5.74) is 1.74. The van der Waals surface area contributed by atoms with Crippen molar-refractivity contribution in [3.63, 3.8) is 0 Å². The number of rotatable bonds is 5. The van der Waals surface area contributed by atoms with Crippen molar-refractivity contribution in [2.75, 3.05) is 0 Å². The zero-order valence-corrected chi connectivity index (χ0v) is 14.8. The van der Waals surface area contributed by atoms with Crippen LogP contribution in [0.5, 0.6) is 0 Å². The van der Waals surface area contributed by atoms with E-state index >= 15 is 0 Å². The van der Waals surface area contributed by atoms with Crippen LogP contribution in [-0.4, -0.2) is 19.9 Å². The summed E-state index contributed by atoms with van der Waals surface area (Å²) < 4.78 is 12.7. The van der Waals surface area contributed by atoms with Crippen LogP contribution in [0.3, 0.4) is 0 Å². The third-order valence-electron chi connectivity index (χ3n) is 3.62. The number of hydrogen-bond donors (Lipinski definition) is 0. The van der Waals surface area contributed by atoms with Crippen molar-refractivity contribution >= 4 is 23.4 Å². The monoisotopic (exact) mass is 372 g/mol. The molecule has 0 fully saturated rings. The molecule has 6 nitrogen and oxygen atoms in total. The van der Waals surface area contributed by atoms with E-state index in [4.69, 9.17) is 20.5 Å². The summed E-state index contributed by atoms with van der Waals surface area (Å²) in [6, 6.07) is 13.1. The maximum absolute atomic E-state index is 5.91. The van der Waals surface area contributed by atoms with Gasteiger partial charge in [-0.1, -0.05) is 40.7 Å². The Morgan fingerprint density at radius 2 is 2.00 bits per heavy atom. The number of thioether (sulfide) groups is 1. The second kappa shape index (κ2) is 6.78. The predicted molar refractivity (Wildman–Crippen MR) is 95.2 cm³/mol. The Bertz CT molecular complexity index is 977. The first-order valence-corrected chi connectivity index (χ1v) is 8.84. The van der Waals surface area contributed by atoms with E-state index in [0.29, 0.717) is 22.4 Å². The van der Waals surface area contributed by atoms with E-state index in [1.165, 1.54) is 11.8 Å². The normalized spacial score (nSPS) is 11.1. The van der Waals surface area contributed by atoms with E-state index in [1.54, 1.807) is 6.26 Å². The number of hydrogen-bond acceptors (Lipinski definition) is 6. The van der Waals surface area contributed by atoms with E-state index in [0.717, 1.165) is 22.2 Å². The highest BCUT2D eigenvalue weighted by atomic mass is 35.5. The Morgan fingerprint density at radius 3 is 2.76 bits per heavy atom. The van der Waals surface area contributed by atoms with Crippen molar-refractivity contribution in [2.24, 2.45) is 7.05 Å². The van der Waals surface area contributed by atoms with Gasteiger partial charge >= 0.3 is 0 Å². The van der Waals surface area contributed by atoms with Crippen molar-refractivity contribution in [3.8, 4) is 22.8 Å². The van der Waals surface area contributed by atoms with Gasteiger partial charge in [0.25, 0.3) is 0 Å². The number of benzene rings is 1. The summed E-state index contributed by atoms with van der Waals surface area (Å²) in [7, 11) is 1.90. The Kier molecular flexibility index (Phi) is 4.33. The number of aromatic nitrogens is 4. The third-order valence-corrected chi connectivity index (χ3v) is 4.91. The molecule has 0 bridgehead atoms. The fourth-order valence-corrected chi connectivity index (χ4v) is 3.25. The molecule has 0 aliphatic rings. The van der Waals surface area contributed by atoms with Crippen molar-refractivity contribution in [1.29, 1.82) is 0 Å². The Morgan fingerprint density at radius 1 is 1.16 bits per heavy atom. The van der Waals surface area contributed by atoms with Crippen LogP contribution in [0, 0.1) is 0 Å². The van der Waals surface area contributed by atoms with E-state index in [9.17, 15) is 0 Å². The molecule has 3 heterocycles. The van der Waals surface area contributed by atoms with Crippen LogP contribution in [-0.2, 0) is 12.8 Å². The van der Waals surface area contributed by atoms with Gasteiger partial charge in [-0.2, -0.15) is 0 Å². The average Bonchev–Trinajstić information content (AvgIpc) is 3.34. The predicted octanol–water partition coefficient (Wildman–Crippen LogP) is 4.68. The molecule has 0 aliphatic heterocycles. The van der Waals surface area contributed by atoms with E-state index in [2.05, 4.69) is 15.4 Å². The zero-order chi connectivity index (χ0) is 17.2. The van der Waals surface area contributed by atoms with Gasteiger partial charge in [-0.05, 0) is 24.3 Å². The molecule has 1 aromatic carbocycles. The van der Waals surface area contributed by atoms with Gasteiger partial charge in [0.1, 0.15) is 11.5 Å². The van der Waals surface area contributed by atoms with Gasteiger partial charge in [-0.3, -0.25) is 0 Å². The molecular weight excluding hydrogens is 360 g/mol. The summed E-state index contributed by atoms with van der Waals surface area (Å²) in [6.07, 6.45) is 1.61. The molecular formula is C17H13ClN4O2S. The summed E-state index contributed by atoms with van der Waals surface area (Å²) >= 11 is 7.43. The minimum atomic E-state index is 0.602. The fourth-order valence-electron chi connectivity index (χ4n) is 2.33. The quantitative estimate of drug-likeness (QED) is 0.474. The highest BCUT2D eigenvalue weighted by molar-refractivity contribution is 7.98. The molecule has 0 radical (unpaired) electrons. The summed E-state index contributed by atoms with van der Waals surface area (Å²) in [5, 5.41) is 13.9. The van der Waals surface area contributed by atoms with Gasteiger partial charge in [0.2, 0.25) is 0 Å². The first-order valence-electron chi connectivity index (χ1n) is 7.48. The molecule has 3 aromatic heterocycles. The second-order valence-corrected chi connectivity index (χ2v) is 6.70. The molecule has 4 aromatic rings. The van der Waals surface area contributed by atoms with Crippen LogP contribution >= 0.6 is 23.4 Å². The van der Waals surface area contributed by atoms with Crippen molar-refractivity contribution in [2.45, 2.75) is 10.9 Å². The third kappa shape index (κ3) is 3.33. The maximum atomic E-state index is 5.91. The summed E-state index contributed by atoms with van der Waals surface area (Å²) in [4.78, 5) is 0. The van der Waals surface area contributed by atoms with Crippen molar-refractivity contribution < 1.29 is 8.94 Å². The molecule has 0 aliphatic carbocycles. The number of halogens is 1. The molecule has 4 rings (SSSR count). The van der Waals surface area contributed by atoms with Gasteiger partial charge in [0.15, 0.2) is 16.7 Å². The number of furan rings is 1. The molecule has 0 N–H and O–H groups in total. The van der Waals surface area contributed by atoms with Crippen LogP contribution in [0.1, 0.15) is 5.76 Å². The smallest absolute Gasteiger partial charge is 0.200 e. The molecule has 0 saturated carbocycles. The lowest BCUT2D eigenvalue weighted by molar-refractivity contribution is 0.397. The van der Waals surface area contributed by atoms with Crippen LogP contribution in [0.2, 0.25) is 5.02 Å². The van der Waals surface area contributed by atoms with Crippen LogP contribution < -0.4 is 0 Å². The minimum Gasteiger partial charge on any atom is -0.461 e. The van der Waals surface area contributed by atoms with Gasteiger partial charge < -0.3 is 13.5 Å². The molecule has 0 saturated heterocycles. The van der Waals surface area contributed by atoms with Gasteiger partial charge in [0, 0.05) is 23.7 Å². The Labute approximate surface area is 152 Å². The molecule has 0 atom stereocenters. The highest BCUT2D eigenvalue weighted by Crippen LogP contribution is 2.27. The van der Waals surface area contributed by atoms with Gasteiger partial charge in [-0.15, -0.1) is 10.2 Å². The Balaban J connectivity index is 1.46. The second-order valence-electron chi connectivity index (χ2n) is 5.32. The van der Waals surface area contributed by atoms with Crippen LogP contribution in [0.25, 0.3) is 22.8 Å². The molecule has 25 heavy (non-hydrogen) atoms. The maximum Gasteiger partial charge on any atom is 0.200 e. The molecule has 126 valence electrons. The van der Waals surface area contributed by atoms with Crippen LogP contribution in [0.4, 0.5) is 0 Å². The van der Waals surface area contributed by atoms with Gasteiger partial charge in [-0.25, -0.2) is 0 Å². The molecule has 8 heteroatoms. The fraction of sp³-hybridized carbons (Fsp3) is 0.118. The molecule has 0 amide bonds. The van der Waals surface area contributed by atoms with E-state index in [-0.39, 0.29) is 0 Å². The van der Waals surface area contributed by atoms with Crippen molar-refractivity contribution in [1.82, 2.24) is 19.9 Å². The largest absolute Gasteiger partial charge is 0.461 e. The van der Waals surface area contributed by atoms with E-state index in [1.807, 2.05) is 54.1 Å². The zero-order valence-electron chi connectivity index (χ0n) is 13.2. The Hall–Kier alpha value is -2.51. The minimum absolute atomic E-state index is 0.602. The summed E-state index contributed by atoms with van der Waals surface area (Å²) in [6.45, 7) is 0. The summed E-state index contributed by atoms with van der Waals surface area (Å²) in [5.74, 6) is 2.74. The highest BCUT2D eigenvalue weighted by Gasteiger charge is 2.14.